The Morgan fingerprint density at radius 1 is 1.16 bits per heavy atom. The number of nitrogens with one attached hydrogen (secondary N) is 2. The summed E-state index contributed by atoms with van der Waals surface area (Å²) < 4.78 is 8.47. The van der Waals surface area contributed by atoms with Gasteiger partial charge in [-0.15, -0.1) is 0 Å². The van der Waals surface area contributed by atoms with Gasteiger partial charge in [-0.05, 0) is 41.9 Å². The highest BCUT2D eigenvalue weighted by atomic mass is 79.9. The lowest BCUT2D eigenvalue weighted by Crippen LogP contribution is -2.52. The van der Waals surface area contributed by atoms with Crippen LogP contribution in [0.5, 0.6) is 5.75 Å². The van der Waals surface area contributed by atoms with Gasteiger partial charge in [0.2, 0.25) is 5.79 Å². The topological polar surface area (TPSA) is 99.2 Å². The van der Waals surface area contributed by atoms with E-state index in [9.17, 15) is 0 Å². The number of aromatic nitrogens is 2. The van der Waals surface area contributed by atoms with Gasteiger partial charge in [0, 0.05) is 75.3 Å². The first-order chi connectivity index (χ1) is 17.8. The van der Waals surface area contributed by atoms with Gasteiger partial charge in [-0.25, -0.2) is 4.99 Å². The van der Waals surface area contributed by atoms with Crippen LogP contribution in [-0.4, -0.2) is 84.9 Å². The summed E-state index contributed by atoms with van der Waals surface area (Å²) in [7, 11) is 5.71. The minimum absolute atomic E-state index is 0.419. The minimum Gasteiger partial charge on any atom is -0.496 e. The van der Waals surface area contributed by atoms with E-state index in [-0.39, 0.29) is 0 Å². The quantitative estimate of drug-likeness (QED) is 0.488. The maximum atomic E-state index is 6.79. The lowest BCUT2D eigenvalue weighted by Gasteiger charge is -2.43. The number of piperazine rings is 1. The molecule has 5 rings (SSSR count). The zero-order valence-corrected chi connectivity index (χ0v) is 23.9. The molecule has 10 nitrogen and oxygen atoms in total. The number of methoxy groups -OCH3 is 1. The van der Waals surface area contributed by atoms with Gasteiger partial charge in [0.1, 0.15) is 11.6 Å². The molecule has 1 aromatic carbocycles. The highest BCUT2D eigenvalue weighted by molar-refractivity contribution is 9.10. The molecule has 0 radical (unpaired) electrons. The molecule has 4 heterocycles. The molecule has 0 aliphatic carbocycles. The number of nitrogens with two attached hydrogens (primary N) is 1. The van der Waals surface area contributed by atoms with Gasteiger partial charge in [-0.2, -0.15) is 5.10 Å². The Bertz CT molecular complexity index is 1180. The average Bonchev–Trinajstić information content (AvgIpc) is 3.31. The minimum atomic E-state index is -1.27. The first-order valence-electron chi connectivity index (χ1n) is 12.6. The Morgan fingerprint density at radius 2 is 1.89 bits per heavy atom. The number of piperidine rings is 1. The molecule has 200 valence electrons. The number of benzene rings is 1. The molecule has 3 aliphatic rings. The van der Waals surface area contributed by atoms with Crippen LogP contribution in [0.2, 0.25) is 0 Å². The van der Waals surface area contributed by atoms with E-state index in [1.54, 1.807) is 24.2 Å². The molecule has 12 heteroatoms. The highest BCUT2D eigenvalue weighted by Gasteiger charge is 2.35. The van der Waals surface area contributed by atoms with E-state index in [1.165, 1.54) is 0 Å². The number of rotatable bonds is 5. The number of halogens is 2. The summed E-state index contributed by atoms with van der Waals surface area (Å²) in [4.78, 5) is 12.2. The van der Waals surface area contributed by atoms with Gasteiger partial charge in [-0.3, -0.25) is 15.3 Å². The number of aryl methyl sites for hydroxylation is 1. The van der Waals surface area contributed by atoms with Crippen molar-refractivity contribution in [1.29, 1.82) is 0 Å². The number of amidine groups is 1. The highest BCUT2D eigenvalue weighted by Crippen LogP contribution is 2.40. The summed E-state index contributed by atoms with van der Waals surface area (Å²) in [5, 5.41) is 10.9. The molecular weight excluding hydrogens is 558 g/mol. The zero-order valence-electron chi connectivity index (χ0n) is 21.5. The van der Waals surface area contributed by atoms with Crippen molar-refractivity contribution < 1.29 is 4.74 Å². The van der Waals surface area contributed by atoms with E-state index in [2.05, 4.69) is 59.5 Å². The Morgan fingerprint density at radius 3 is 2.54 bits per heavy atom. The molecule has 0 saturated carbocycles. The van der Waals surface area contributed by atoms with Crippen molar-refractivity contribution >= 4 is 44.7 Å². The molecule has 0 bridgehead atoms. The first-order valence-corrected chi connectivity index (χ1v) is 13.8. The van der Waals surface area contributed by atoms with Crippen LogP contribution in [0.25, 0.3) is 0 Å². The molecule has 2 fully saturated rings. The zero-order chi connectivity index (χ0) is 26.2. The molecule has 37 heavy (non-hydrogen) atoms. The fraction of sp³-hybridized carbons (Fsp3) is 0.520. The monoisotopic (exact) mass is 591 g/mol. The number of aliphatic imine (C=N–C) groups is 1. The number of ether oxygens (including phenoxy) is 1. The van der Waals surface area contributed by atoms with Crippen molar-refractivity contribution in [2.24, 2.45) is 17.8 Å². The van der Waals surface area contributed by atoms with E-state index >= 15 is 0 Å². The van der Waals surface area contributed by atoms with Crippen molar-refractivity contribution in [2.45, 2.75) is 24.7 Å². The van der Waals surface area contributed by atoms with Gasteiger partial charge < -0.3 is 25.2 Å². The standard InChI is InChI=1S/C25H35BrClN9O/c1-33-8-10-35(11-9-33)18-4-6-36(7-5-18)22-13-23(37-3)19(12-20(22)26)25(28)29-15-21(27)24(32-25)31-17-14-30-34(2)16-17/h12-16,18,29H,4-11,28H2,1-3H3,(H,31,32). The van der Waals surface area contributed by atoms with E-state index in [0.29, 0.717) is 28.2 Å². The third-order valence-electron chi connectivity index (χ3n) is 7.44. The van der Waals surface area contributed by atoms with Gasteiger partial charge in [0.25, 0.3) is 0 Å². The third-order valence-corrected chi connectivity index (χ3v) is 8.36. The molecule has 2 aromatic rings. The molecule has 1 unspecified atom stereocenters. The number of likely N-dealkylation sites (N-methyl/N-ethyl adjacent to an activating group) is 1. The normalized spacial score (nSPS) is 23.9. The second-order valence-corrected chi connectivity index (χ2v) is 11.2. The fourth-order valence-corrected chi connectivity index (χ4v) is 6.00. The van der Waals surface area contributed by atoms with Crippen LogP contribution in [0.15, 0.2) is 45.2 Å². The Balaban J connectivity index is 1.34. The van der Waals surface area contributed by atoms with Crippen LogP contribution < -0.4 is 26.0 Å². The van der Waals surface area contributed by atoms with E-state index in [4.69, 9.17) is 27.1 Å². The fourth-order valence-electron chi connectivity index (χ4n) is 5.26. The van der Waals surface area contributed by atoms with Crippen LogP contribution in [-0.2, 0) is 12.8 Å². The van der Waals surface area contributed by atoms with Gasteiger partial charge in [0.05, 0.1) is 35.3 Å². The van der Waals surface area contributed by atoms with E-state index < -0.39 is 5.79 Å². The number of hydrogen-bond donors (Lipinski definition) is 3. The predicted octanol–water partition coefficient (Wildman–Crippen LogP) is 2.67. The molecule has 0 spiro atoms. The van der Waals surface area contributed by atoms with E-state index in [0.717, 1.165) is 68.0 Å². The van der Waals surface area contributed by atoms with Crippen LogP contribution in [0.4, 0.5) is 11.4 Å². The van der Waals surface area contributed by atoms with Crippen molar-refractivity contribution in [3.63, 3.8) is 0 Å². The second-order valence-electron chi connectivity index (χ2n) is 9.95. The summed E-state index contributed by atoms with van der Waals surface area (Å²) >= 11 is 10.2. The van der Waals surface area contributed by atoms with Crippen LogP contribution in [0.3, 0.4) is 0 Å². The Hall–Kier alpha value is -2.31. The third kappa shape index (κ3) is 5.61. The number of hydrogen-bond acceptors (Lipinski definition) is 9. The van der Waals surface area contributed by atoms with Crippen LogP contribution in [0.1, 0.15) is 18.4 Å². The summed E-state index contributed by atoms with van der Waals surface area (Å²) in [6, 6.07) is 4.70. The van der Waals surface area contributed by atoms with Crippen molar-refractivity contribution in [3.05, 3.63) is 45.8 Å². The van der Waals surface area contributed by atoms with Crippen molar-refractivity contribution in [2.75, 3.05) is 63.6 Å². The SMILES string of the molecule is COc1cc(N2CCC(N3CCN(C)CC3)CC2)c(Br)cc1C1(N)N=C(Nc2cnn(C)c2)C(Cl)=CN1. The van der Waals surface area contributed by atoms with E-state index in [1.807, 2.05) is 19.3 Å². The lowest BCUT2D eigenvalue weighted by atomic mass is 10.0. The predicted molar refractivity (Wildman–Crippen MR) is 152 cm³/mol. The molecule has 1 aromatic heterocycles. The van der Waals surface area contributed by atoms with Gasteiger partial charge in [-0.1, -0.05) is 11.6 Å². The van der Waals surface area contributed by atoms with Gasteiger partial charge >= 0.3 is 0 Å². The summed E-state index contributed by atoms with van der Waals surface area (Å²) in [6.07, 6.45) is 7.49. The average molecular weight is 593 g/mol. The smallest absolute Gasteiger partial charge is 0.214 e. The molecule has 1 atom stereocenters. The Labute approximate surface area is 231 Å². The second kappa shape index (κ2) is 10.8. The molecular formula is C25H35BrClN9O. The summed E-state index contributed by atoms with van der Waals surface area (Å²) in [6.45, 7) is 6.63. The molecule has 4 N–H and O–H groups in total. The summed E-state index contributed by atoms with van der Waals surface area (Å²) in [5.74, 6) is -0.168. The molecule has 2 saturated heterocycles. The number of nitrogens with zero attached hydrogens (tertiary/aromatic N) is 6. The van der Waals surface area contributed by atoms with Crippen molar-refractivity contribution in [1.82, 2.24) is 24.9 Å². The van der Waals surface area contributed by atoms with Crippen molar-refractivity contribution in [3.8, 4) is 5.75 Å². The first kappa shape index (κ1) is 26.3. The maximum Gasteiger partial charge on any atom is 0.214 e. The molecule has 0 amide bonds. The lowest BCUT2D eigenvalue weighted by molar-refractivity contribution is 0.0982. The van der Waals surface area contributed by atoms with Crippen LogP contribution >= 0.6 is 27.5 Å². The largest absolute Gasteiger partial charge is 0.496 e. The summed E-state index contributed by atoms with van der Waals surface area (Å²) in [5.41, 5.74) is 9.35. The molecule has 3 aliphatic heterocycles. The number of anilines is 2. The Kier molecular flexibility index (Phi) is 7.69. The maximum absolute atomic E-state index is 6.79. The van der Waals surface area contributed by atoms with Crippen LogP contribution in [0, 0.1) is 0 Å². The van der Waals surface area contributed by atoms with Gasteiger partial charge in [0.15, 0.2) is 0 Å².